The standard InChI is InChI=1S/C19H26N4O9.Tm/c24-16(25)9-21-3-5-22(10-17(26)27)7-13-1-2-15(32-12-19(30)31)14(20-13)8-23(6-4-21)11-18(28)29;/h1-2H,3-12H2,(H,24,25)(H,26,27)(H,28,29)(H,30,31);/p-3. The summed E-state index contributed by atoms with van der Waals surface area (Å²) in [6.45, 7) is -1.28. The number of hydrogen-bond acceptors (Lipinski definition) is 12. The first-order chi connectivity index (χ1) is 15.1. The molecule has 0 unspecified atom stereocenters. The number of pyridine rings is 1. The number of carbonyl (C=O) groups is 4. The molecule has 1 aromatic heterocycles. The van der Waals surface area contributed by atoms with E-state index in [1.54, 1.807) is 0 Å². The predicted octanol–water partition coefficient (Wildman–Crippen LogP) is -5.29. The number of aliphatic carboxylic acids is 4. The number of fused-ring (bicyclic) bond motifs is 2. The summed E-state index contributed by atoms with van der Waals surface area (Å²) < 4.78 is 5.26. The number of hydrogen-bond donors (Lipinski definition) is 1. The van der Waals surface area contributed by atoms with Gasteiger partial charge in [-0.1, -0.05) is 0 Å². The number of nitrogens with zero attached hydrogens (tertiary/aromatic N) is 4. The quantitative estimate of drug-likeness (QED) is 0.276. The van der Waals surface area contributed by atoms with E-state index in [0.29, 0.717) is 5.69 Å². The second-order valence-electron chi connectivity index (χ2n) is 7.24. The van der Waals surface area contributed by atoms with Gasteiger partial charge in [0.05, 0.1) is 29.3 Å². The second-order valence-corrected chi connectivity index (χ2v) is 7.24. The van der Waals surface area contributed by atoms with Crippen molar-refractivity contribution >= 4 is 23.9 Å². The number of ether oxygens (including phenoxy) is 1. The van der Waals surface area contributed by atoms with Gasteiger partial charge in [0.1, 0.15) is 5.75 Å². The molecule has 2 heterocycles. The molecule has 2 rings (SSSR count). The summed E-state index contributed by atoms with van der Waals surface area (Å²) in [7, 11) is 0. The maximum atomic E-state index is 11.2. The molecule has 0 saturated carbocycles. The average Bonchev–Trinajstić information content (AvgIpc) is 2.67. The molecule has 0 aromatic carbocycles. The van der Waals surface area contributed by atoms with Crippen LogP contribution in [0.5, 0.6) is 5.75 Å². The van der Waals surface area contributed by atoms with Gasteiger partial charge in [-0.2, -0.15) is 0 Å². The van der Waals surface area contributed by atoms with Crippen LogP contribution in [0.15, 0.2) is 12.1 Å². The van der Waals surface area contributed by atoms with E-state index in [4.69, 9.17) is 9.84 Å². The fourth-order valence-electron chi connectivity index (χ4n) is 3.26. The number of carbonyl (C=O) groups excluding carboxylic acids is 3. The van der Waals surface area contributed by atoms with Crippen LogP contribution in [0.3, 0.4) is 0 Å². The van der Waals surface area contributed by atoms with E-state index in [-0.39, 0.29) is 87.6 Å². The molecule has 1 radical (unpaired) electrons. The molecule has 1 aliphatic heterocycles. The Morgan fingerprint density at radius 1 is 0.848 bits per heavy atom. The monoisotopic (exact) mass is 620 g/mol. The first-order valence-electron chi connectivity index (χ1n) is 9.72. The van der Waals surface area contributed by atoms with Gasteiger partial charge in [0.25, 0.3) is 0 Å². The maximum absolute atomic E-state index is 11.2. The topological polar surface area (TPSA) is 190 Å². The van der Waals surface area contributed by atoms with Crippen LogP contribution in [-0.2, 0) is 32.3 Å². The summed E-state index contributed by atoms with van der Waals surface area (Å²) in [6.07, 6.45) is 0. The minimum absolute atomic E-state index is 0. The van der Waals surface area contributed by atoms with Crippen molar-refractivity contribution in [3.8, 4) is 5.75 Å². The summed E-state index contributed by atoms with van der Waals surface area (Å²) in [5.41, 5.74) is 0.690. The molecular weight excluding hydrogens is 597 g/mol. The van der Waals surface area contributed by atoms with Gasteiger partial charge >= 0.3 is 5.97 Å². The Labute approximate surface area is 218 Å². The van der Waals surface area contributed by atoms with Crippen LogP contribution in [0.25, 0.3) is 0 Å². The molecule has 1 aromatic rings. The minimum atomic E-state index is -1.35. The van der Waals surface area contributed by atoms with Crippen LogP contribution in [-0.4, -0.2) is 101 Å². The van der Waals surface area contributed by atoms with Crippen molar-refractivity contribution in [1.29, 1.82) is 0 Å². The van der Waals surface area contributed by atoms with Crippen molar-refractivity contribution < 1.29 is 81.2 Å². The number of carboxylic acid groups (broad SMARTS) is 4. The third kappa shape index (κ3) is 11.1. The molecule has 13 nitrogen and oxygen atoms in total. The molecule has 2 bridgehead atoms. The first kappa shape index (κ1) is 29.0. The van der Waals surface area contributed by atoms with Crippen molar-refractivity contribution in [2.45, 2.75) is 13.1 Å². The zero-order valence-electron chi connectivity index (χ0n) is 17.5. The van der Waals surface area contributed by atoms with E-state index in [2.05, 4.69) is 4.98 Å². The van der Waals surface area contributed by atoms with Crippen molar-refractivity contribution in [2.24, 2.45) is 0 Å². The summed E-state index contributed by atoms with van der Waals surface area (Å²) in [5.74, 6) is -5.07. The summed E-state index contributed by atoms with van der Waals surface area (Å²) in [6, 6.07) is 3.03. The van der Waals surface area contributed by atoms with Crippen LogP contribution < -0.4 is 20.1 Å². The zero-order valence-corrected chi connectivity index (χ0v) is 19.3. The summed E-state index contributed by atoms with van der Waals surface area (Å²) >= 11 is 0. The van der Waals surface area contributed by atoms with E-state index in [0.717, 1.165) is 0 Å². The van der Waals surface area contributed by atoms with Gasteiger partial charge in [0.15, 0.2) is 6.61 Å². The van der Waals surface area contributed by atoms with Crippen molar-refractivity contribution in [3.63, 3.8) is 0 Å². The molecule has 0 fully saturated rings. The molecule has 0 spiro atoms. The number of carboxylic acids is 4. The molecule has 1 N–H and O–H groups in total. The Kier molecular flexibility index (Phi) is 12.5. The van der Waals surface area contributed by atoms with Crippen molar-refractivity contribution in [2.75, 3.05) is 52.4 Å². The molecule has 0 amide bonds. The summed E-state index contributed by atoms with van der Waals surface area (Å²) in [5, 5.41) is 42.3. The summed E-state index contributed by atoms with van der Waals surface area (Å²) in [4.78, 5) is 53.2. The molecule has 189 valence electrons. The third-order valence-corrected chi connectivity index (χ3v) is 4.62. The van der Waals surface area contributed by atoms with E-state index in [1.165, 1.54) is 26.8 Å². The molecule has 14 heteroatoms. The van der Waals surface area contributed by atoms with Gasteiger partial charge in [-0.15, -0.1) is 0 Å². The van der Waals surface area contributed by atoms with E-state index < -0.39 is 50.1 Å². The van der Waals surface area contributed by atoms with Crippen LogP contribution in [0, 0.1) is 36.9 Å². The number of rotatable bonds is 9. The Balaban J connectivity index is 0.00000544. The SMILES string of the molecule is O=C([O-])CN1CCN(CC(=O)[O-])Cc2ccc(OCC(=O)O)c(n2)CN(CC(=O)[O-])CC1.[Tm]. The van der Waals surface area contributed by atoms with Gasteiger partial charge < -0.3 is 39.5 Å². The molecule has 0 saturated heterocycles. The molecule has 0 atom stereocenters. The second kappa shape index (κ2) is 14.3. The number of aromatic nitrogens is 1. The Bertz CT molecular complexity index is 855. The molecule has 0 aliphatic carbocycles. The average molecular weight is 620 g/mol. The Hall–Kier alpha value is -2.06. The normalized spacial score (nSPS) is 16.0. The van der Waals surface area contributed by atoms with Gasteiger partial charge in [-0.05, 0) is 12.1 Å². The van der Waals surface area contributed by atoms with Gasteiger partial charge in [-0.25, -0.2) is 4.79 Å². The maximum Gasteiger partial charge on any atom is 0.341 e. The van der Waals surface area contributed by atoms with E-state index in [9.17, 15) is 34.5 Å². The van der Waals surface area contributed by atoms with Gasteiger partial charge in [-0.3, -0.25) is 19.7 Å². The van der Waals surface area contributed by atoms with Crippen LogP contribution in [0.2, 0.25) is 0 Å². The van der Waals surface area contributed by atoms with Crippen molar-refractivity contribution in [1.82, 2.24) is 19.7 Å². The van der Waals surface area contributed by atoms with Gasteiger partial charge in [0, 0.05) is 95.8 Å². The van der Waals surface area contributed by atoms with Crippen molar-refractivity contribution in [3.05, 3.63) is 23.5 Å². The Morgan fingerprint density at radius 2 is 1.33 bits per heavy atom. The Morgan fingerprint density at radius 3 is 1.85 bits per heavy atom. The molecule has 1 aliphatic rings. The molecule has 33 heavy (non-hydrogen) atoms. The molecular formula is C19H23N4O9Tm-3. The van der Waals surface area contributed by atoms with Crippen LogP contribution in [0.4, 0.5) is 0 Å². The fraction of sp³-hybridized carbons (Fsp3) is 0.526. The van der Waals surface area contributed by atoms with Crippen LogP contribution in [0.1, 0.15) is 11.4 Å². The largest absolute Gasteiger partial charge is 0.549 e. The van der Waals surface area contributed by atoms with E-state index in [1.807, 2.05) is 0 Å². The minimum Gasteiger partial charge on any atom is -0.549 e. The predicted molar refractivity (Wildman–Crippen MR) is 99.4 cm³/mol. The van der Waals surface area contributed by atoms with Gasteiger partial charge in [0.2, 0.25) is 0 Å². The zero-order chi connectivity index (χ0) is 23.7. The smallest absolute Gasteiger partial charge is 0.341 e. The first-order valence-corrected chi connectivity index (χ1v) is 9.72. The third-order valence-electron chi connectivity index (χ3n) is 4.62. The van der Waals surface area contributed by atoms with E-state index >= 15 is 0 Å². The van der Waals surface area contributed by atoms with Crippen LogP contribution >= 0.6 is 0 Å². The fourth-order valence-corrected chi connectivity index (χ4v) is 3.26.